The van der Waals surface area contributed by atoms with E-state index in [4.69, 9.17) is 14.2 Å². The maximum atomic E-state index is 5.69. The second kappa shape index (κ2) is 7.89. The van der Waals surface area contributed by atoms with Gasteiger partial charge in [-0.2, -0.15) is 0 Å². The third-order valence-corrected chi connectivity index (χ3v) is 2.90. The van der Waals surface area contributed by atoms with E-state index >= 15 is 0 Å². The predicted molar refractivity (Wildman–Crippen MR) is 75.5 cm³/mol. The molecule has 0 aliphatic heterocycles. The first-order valence-corrected chi connectivity index (χ1v) is 7.11. The van der Waals surface area contributed by atoms with Crippen molar-refractivity contribution < 1.29 is 14.2 Å². The lowest BCUT2D eigenvalue weighted by Crippen LogP contribution is -2.41. The average Bonchev–Trinajstić information content (AvgIpc) is 2.30. The largest absolute Gasteiger partial charge is 0.327 e. The Kier molecular flexibility index (Phi) is 6.86. The molecule has 3 nitrogen and oxygen atoms in total. The molecule has 18 heavy (non-hydrogen) atoms. The van der Waals surface area contributed by atoms with Gasteiger partial charge in [-0.3, -0.25) is 0 Å². The van der Waals surface area contributed by atoms with Crippen molar-refractivity contribution in [2.45, 2.75) is 33.2 Å². The Hall–Kier alpha value is -0.420. The van der Waals surface area contributed by atoms with Gasteiger partial charge in [0, 0.05) is 24.3 Å². The molecule has 0 bridgehead atoms. The fraction of sp³-hybridized carbons (Fsp3) is 0.571. The van der Waals surface area contributed by atoms with Crippen molar-refractivity contribution in [3.05, 3.63) is 34.3 Å². The van der Waals surface area contributed by atoms with Crippen LogP contribution in [0.4, 0.5) is 0 Å². The standard InChI is InChI=1S/C14H21BrO3/c1-4-16-14(17-5-2,18-6-3)11-12-8-7-9-13(15)10-12/h7-10H,4-6,11H2,1-3H3. The third kappa shape index (κ3) is 4.69. The lowest BCUT2D eigenvalue weighted by molar-refractivity contribution is -0.376. The molecule has 0 amide bonds. The van der Waals surface area contributed by atoms with Gasteiger partial charge >= 0.3 is 0 Å². The fourth-order valence-corrected chi connectivity index (χ4v) is 2.28. The molecule has 0 heterocycles. The summed E-state index contributed by atoms with van der Waals surface area (Å²) in [6.07, 6.45) is 0.571. The quantitative estimate of drug-likeness (QED) is 0.683. The molecule has 0 aliphatic rings. The molecule has 1 rings (SSSR count). The van der Waals surface area contributed by atoms with Crippen LogP contribution in [0.3, 0.4) is 0 Å². The highest BCUT2D eigenvalue weighted by molar-refractivity contribution is 9.10. The van der Waals surface area contributed by atoms with Crippen molar-refractivity contribution in [2.24, 2.45) is 0 Å². The Labute approximate surface area is 118 Å². The Morgan fingerprint density at radius 2 is 1.56 bits per heavy atom. The smallest absolute Gasteiger partial charge is 0.287 e. The summed E-state index contributed by atoms with van der Waals surface area (Å²) in [7, 11) is 0. The molecule has 1 aromatic carbocycles. The van der Waals surface area contributed by atoms with Crippen molar-refractivity contribution in [3.8, 4) is 0 Å². The van der Waals surface area contributed by atoms with Crippen LogP contribution in [0.25, 0.3) is 0 Å². The summed E-state index contributed by atoms with van der Waals surface area (Å²) in [6.45, 7) is 7.46. The van der Waals surface area contributed by atoms with Crippen LogP contribution < -0.4 is 0 Å². The molecular formula is C14H21BrO3. The van der Waals surface area contributed by atoms with Crippen LogP contribution in [0.15, 0.2) is 28.7 Å². The van der Waals surface area contributed by atoms with Crippen LogP contribution in [-0.2, 0) is 20.6 Å². The van der Waals surface area contributed by atoms with E-state index < -0.39 is 5.97 Å². The Morgan fingerprint density at radius 1 is 1.00 bits per heavy atom. The lowest BCUT2D eigenvalue weighted by atomic mass is 10.1. The highest BCUT2D eigenvalue weighted by Crippen LogP contribution is 2.23. The van der Waals surface area contributed by atoms with E-state index in [9.17, 15) is 0 Å². The summed E-state index contributed by atoms with van der Waals surface area (Å²) in [6, 6.07) is 8.07. The van der Waals surface area contributed by atoms with Crippen LogP contribution in [0.2, 0.25) is 0 Å². The van der Waals surface area contributed by atoms with Gasteiger partial charge in [-0.15, -0.1) is 0 Å². The Balaban J connectivity index is 2.87. The number of benzene rings is 1. The van der Waals surface area contributed by atoms with Crippen molar-refractivity contribution in [2.75, 3.05) is 19.8 Å². The molecule has 0 aliphatic carbocycles. The average molecular weight is 317 g/mol. The maximum Gasteiger partial charge on any atom is 0.287 e. The Bertz CT molecular complexity index is 338. The van der Waals surface area contributed by atoms with Gasteiger partial charge in [-0.1, -0.05) is 28.1 Å². The van der Waals surface area contributed by atoms with Crippen molar-refractivity contribution >= 4 is 15.9 Å². The summed E-state index contributed by atoms with van der Waals surface area (Å²) >= 11 is 3.46. The van der Waals surface area contributed by atoms with E-state index in [0.29, 0.717) is 26.2 Å². The SMILES string of the molecule is CCOC(Cc1cccc(Br)c1)(OCC)OCC. The molecule has 0 unspecified atom stereocenters. The van der Waals surface area contributed by atoms with Crippen molar-refractivity contribution in [1.82, 2.24) is 0 Å². The number of halogens is 1. The molecule has 0 radical (unpaired) electrons. The first-order valence-electron chi connectivity index (χ1n) is 6.32. The molecule has 0 saturated heterocycles. The monoisotopic (exact) mass is 316 g/mol. The minimum absolute atomic E-state index is 0.550. The molecule has 0 saturated carbocycles. The van der Waals surface area contributed by atoms with E-state index in [1.54, 1.807) is 0 Å². The van der Waals surface area contributed by atoms with E-state index in [-0.39, 0.29) is 0 Å². The number of rotatable bonds is 8. The van der Waals surface area contributed by atoms with Crippen LogP contribution in [0.1, 0.15) is 26.3 Å². The first kappa shape index (κ1) is 15.6. The minimum Gasteiger partial charge on any atom is -0.327 e. The van der Waals surface area contributed by atoms with E-state index in [1.807, 2.05) is 45.0 Å². The van der Waals surface area contributed by atoms with Crippen LogP contribution in [0.5, 0.6) is 0 Å². The molecule has 0 atom stereocenters. The van der Waals surface area contributed by atoms with Crippen molar-refractivity contribution in [1.29, 1.82) is 0 Å². The molecular weight excluding hydrogens is 296 g/mol. The molecule has 1 aromatic rings. The van der Waals surface area contributed by atoms with Gasteiger partial charge in [-0.25, -0.2) is 0 Å². The minimum atomic E-state index is -0.973. The zero-order valence-corrected chi connectivity index (χ0v) is 12.8. The van der Waals surface area contributed by atoms with Gasteiger partial charge in [0.15, 0.2) is 0 Å². The van der Waals surface area contributed by atoms with Gasteiger partial charge in [0.25, 0.3) is 5.97 Å². The van der Waals surface area contributed by atoms with Gasteiger partial charge < -0.3 is 14.2 Å². The number of ether oxygens (including phenoxy) is 3. The normalized spacial score (nSPS) is 11.8. The molecule has 102 valence electrons. The van der Waals surface area contributed by atoms with Crippen LogP contribution in [-0.4, -0.2) is 25.8 Å². The summed E-state index contributed by atoms with van der Waals surface area (Å²) in [5.41, 5.74) is 1.11. The molecule has 4 heteroatoms. The number of hydrogen-bond acceptors (Lipinski definition) is 3. The van der Waals surface area contributed by atoms with E-state index in [0.717, 1.165) is 10.0 Å². The highest BCUT2D eigenvalue weighted by atomic mass is 79.9. The fourth-order valence-electron chi connectivity index (χ4n) is 1.83. The van der Waals surface area contributed by atoms with Crippen LogP contribution in [0, 0.1) is 0 Å². The molecule has 0 N–H and O–H groups in total. The van der Waals surface area contributed by atoms with Gasteiger partial charge in [0.05, 0.1) is 6.42 Å². The first-order chi connectivity index (χ1) is 8.65. The molecule has 0 fully saturated rings. The van der Waals surface area contributed by atoms with Gasteiger partial charge in [-0.05, 0) is 38.5 Å². The summed E-state index contributed by atoms with van der Waals surface area (Å²) < 4.78 is 18.1. The second-order valence-corrected chi connectivity index (χ2v) is 4.70. The third-order valence-electron chi connectivity index (χ3n) is 2.40. The maximum absolute atomic E-state index is 5.69. The van der Waals surface area contributed by atoms with Crippen molar-refractivity contribution in [3.63, 3.8) is 0 Å². The summed E-state index contributed by atoms with van der Waals surface area (Å²) in [5.74, 6) is -0.973. The molecule has 0 aromatic heterocycles. The Morgan fingerprint density at radius 3 is 2.00 bits per heavy atom. The van der Waals surface area contributed by atoms with E-state index in [2.05, 4.69) is 15.9 Å². The molecule has 0 spiro atoms. The summed E-state index contributed by atoms with van der Waals surface area (Å²) in [5, 5.41) is 0. The van der Waals surface area contributed by atoms with Gasteiger partial charge in [0.1, 0.15) is 0 Å². The van der Waals surface area contributed by atoms with E-state index in [1.165, 1.54) is 0 Å². The lowest BCUT2D eigenvalue weighted by Gasteiger charge is -2.32. The predicted octanol–water partition coefficient (Wildman–Crippen LogP) is 3.75. The second-order valence-electron chi connectivity index (χ2n) is 3.79. The summed E-state index contributed by atoms with van der Waals surface area (Å²) in [4.78, 5) is 0. The zero-order valence-electron chi connectivity index (χ0n) is 11.2. The zero-order chi connectivity index (χ0) is 13.4. The van der Waals surface area contributed by atoms with Crippen LogP contribution >= 0.6 is 15.9 Å². The topological polar surface area (TPSA) is 27.7 Å². The van der Waals surface area contributed by atoms with Gasteiger partial charge in [0.2, 0.25) is 0 Å². The number of hydrogen-bond donors (Lipinski definition) is 0. The highest BCUT2D eigenvalue weighted by Gasteiger charge is 2.32.